The zero-order valence-corrected chi connectivity index (χ0v) is 19.3. The number of carbonyl (C=O) groups excluding carboxylic acids is 2. The van der Waals surface area contributed by atoms with Crippen molar-refractivity contribution >= 4 is 17.4 Å². The highest BCUT2D eigenvalue weighted by atomic mass is 19.4. The third-order valence-electron chi connectivity index (χ3n) is 9.76. The highest BCUT2D eigenvalue weighted by Crippen LogP contribution is 2.66. The van der Waals surface area contributed by atoms with E-state index in [-0.39, 0.29) is 28.4 Å². The molecule has 5 rings (SSSR count). The van der Waals surface area contributed by atoms with Crippen LogP contribution in [0.25, 0.3) is 0 Å². The van der Waals surface area contributed by atoms with Gasteiger partial charge in [0.25, 0.3) is 0 Å². The molecule has 1 amide bonds. The molecule has 178 valence electrons. The molecule has 0 heterocycles. The lowest BCUT2D eigenvalue weighted by Gasteiger charge is -2.58. The lowest BCUT2D eigenvalue weighted by Crippen LogP contribution is -2.51. The Morgan fingerprint density at radius 1 is 0.970 bits per heavy atom. The summed E-state index contributed by atoms with van der Waals surface area (Å²) in [5.41, 5.74) is 1.08. The number of nitrogens with one attached hydrogen (secondary N) is 1. The van der Waals surface area contributed by atoms with Crippen LogP contribution in [-0.4, -0.2) is 11.7 Å². The fourth-order valence-corrected chi connectivity index (χ4v) is 7.96. The van der Waals surface area contributed by atoms with E-state index in [1.54, 1.807) is 0 Å². The number of halogens is 3. The minimum Gasteiger partial charge on any atom is -0.326 e. The van der Waals surface area contributed by atoms with Crippen LogP contribution in [0.15, 0.2) is 35.9 Å². The largest absolute Gasteiger partial charge is 0.416 e. The number of alkyl halides is 3. The topological polar surface area (TPSA) is 46.2 Å². The minimum absolute atomic E-state index is 0.0657. The number of amides is 1. The van der Waals surface area contributed by atoms with Crippen LogP contribution in [0.5, 0.6) is 0 Å². The van der Waals surface area contributed by atoms with Crippen molar-refractivity contribution < 1.29 is 22.8 Å². The van der Waals surface area contributed by atoms with Gasteiger partial charge in [-0.3, -0.25) is 9.59 Å². The second-order valence-corrected chi connectivity index (χ2v) is 11.2. The van der Waals surface area contributed by atoms with Crippen molar-refractivity contribution in [1.29, 1.82) is 0 Å². The summed E-state index contributed by atoms with van der Waals surface area (Å²) in [6.45, 7) is 4.62. The monoisotopic (exact) mass is 459 g/mol. The number of anilines is 1. The van der Waals surface area contributed by atoms with Crippen LogP contribution in [0.1, 0.15) is 70.8 Å². The summed E-state index contributed by atoms with van der Waals surface area (Å²) in [5, 5.41) is 2.90. The first kappa shape index (κ1) is 22.7. The van der Waals surface area contributed by atoms with E-state index in [4.69, 9.17) is 0 Å². The number of hydrogen-bond acceptors (Lipinski definition) is 2. The van der Waals surface area contributed by atoms with Crippen LogP contribution >= 0.6 is 0 Å². The maximum atomic E-state index is 13.3. The average molecular weight is 460 g/mol. The Labute approximate surface area is 193 Å². The summed E-state index contributed by atoms with van der Waals surface area (Å²) in [6.07, 6.45) is 5.11. The van der Waals surface area contributed by atoms with E-state index in [2.05, 4.69) is 19.2 Å². The zero-order valence-electron chi connectivity index (χ0n) is 19.3. The Morgan fingerprint density at radius 2 is 1.70 bits per heavy atom. The Balaban J connectivity index is 1.32. The SMILES string of the molecule is C[C@]12CCC(=O)C=C1CC[C@@H]1[C@H]2CC[C@]2(C)C(C(=O)Nc3ccc(C(F)(F)F)cc3)CC[C@@H]12. The average Bonchev–Trinajstić information content (AvgIpc) is 3.11. The molecule has 0 aromatic heterocycles. The van der Waals surface area contributed by atoms with Crippen molar-refractivity contribution in [3.63, 3.8) is 0 Å². The summed E-state index contributed by atoms with van der Waals surface area (Å²) in [6, 6.07) is 4.71. The van der Waals surface area contributed by atoms with E-state index in [1.165, 1.54) is 17.7 Å². The van der Waals surface area contributed by atoms with Crippen molar-refractivity contribution in [1.82, 2.24) is 0 Å². The molecular formula is C27H32F3NO2. The molecule has 0 aliphatic heterocycles. The maximum absolute atomic E-state index is 13.3. The van der Waals surface area contributed by atoms with Crippen molar-refractivity contribution in [3.8, 4) is 0 Å². The van der Waals surface area contributed by atoms with Crippen LogP contribution < -0.4 is 5.32 Å². The fourth-order valence-electron chi connectivity index (χ4n) is 7.96. The molecule has 6 heteroatoms. The van der Waals surface area contributed by atoms with E-state index in [0.29, 0.717) is 29.9 Å². The van der Waals surface area contributed by atoms with Crippen LogP contribution in [0.4, 0.5) is 18.9 Å². The number of ketones is 1. The molecule has 3 fully saturated rings. The van der Waals surface area contributed by atoms with Gasteiger partial charge in [0.2, 0.25) is 5.91 Å². The van der Waals surface area contributed by atoms with E-state index >= 15 is 0 Å². The van der Waals surface area contributed by atoms with Crippen molar-refractivity contribution in [2.75, 3.05) is 5.32 Å². The van der Waals surface area contributed by atoms with Gasteiger partial charge in [-0.15, -0.1) is 0 Å². The second-order valence-electron chi connectivity index (χ2n) is 11.2. The van der Waals surface area contributed by atoms with Gasteiger partial charge in [-0.1, -0.05) is 19.4 Å². The smallest absolute Gasteiger partial charge is 0.326 e. The van der Waals surface area contributed by atoms with Crippen molar-refractivity contribution in [3.05, 3.63) is 41.5 Å². The van der Waals surface area contributed by atoms with Gasteiger partial charge in [0, 0.05) is 18.0 Å². The van der Waals surface area contributed by atoms with Gasteiger partial charge < -0.3 is 5.32 Å². The Morgan fingerprint density at radius 3 is 2.39 bits per heavy atom. The molecule has 1 aromatic rings. The molecular weight excluding hydrogens is 427 g/mol. The number of fused-ring (bicyclic) bond motifs is 5. The molecule has 0 radical (unpaired) electrons. The predicted molar refractivity (Wildman–Crippen MR) is 120 cm³/mol. The molecule has 4 aliphatic carbocycles. The molecule has 3 saturated carbocycles. The predicted octanol–water partition coefficient (Wildman–Crippen LogP) is 6.79. The normalized spacial score (nSPS) is 38.1. The molecule has 0 bridgehead atoms. The Hall–Kier alpha value is -2.11. The summed E-state index contributed by atoms with van der Waals surface area (Å²) in [7, 11) is 0. The molecule has 1 N–H and O–H groups in total. The van der Waals surface area contributed by atoms with Crippen LogP contribution in [0.2, 0.25) is 0 Å². The molecule has 3 nitrogen and oxygen atoms in total. The zero-order chi connectivity index (χ0) is 23.6. The summed E-state index contributed by atoms with van der Waals surface area (Å²) in [4.78, 5) is 25.3. The first-order valence-corrected chi connectivity index (χ1v) is 12.2. The first-order chi connectivity index (χ1) is 15.5. The van der Waals surface area contributed by atoms with Gasteiger partial charge >= 0.3 is 6.18 Å². The van der Waals surface area contributed by atoms with Crippen LogP contribution in [0, 0.1) is 34.5 Å². The minimum atomic E-state index is -4.38. The quantitative estimate of drug-likeness (QED) is 0.529. The van der Waals surface area contributed by atoms with Crippen molar-refractivity contribution in [2.24, 2.45) is 34.5 Å². The number of benzene rings is 1. The fraction of sp³-hybridized carbons (Fsp3) is 0.630. The van der Waals surface area contributed by atoms with Crippen LogP contribution in [0.3, 0.4) is 0 Å². The molecule has 0 spiro atoms. The lowest BCUT2D eigenvalue weighted by molar-refractivity contribution is -0.137. The third kappa shape index (κ3) is 3.64. The van der Waals surface area contributed by atoms with Gasteiger partial charge in [-0.2, -0.15) is 13.2 Å². The number of rotatable bonds is 2. The number of carbonyl (C=O) groups is 2. The standard InChI is InChI=1S/C27H32F3NO2/c1-25-13-11-19(32)15-17(25)5-8-20-21-9-10-23(26(21,2)14-12-22(20)25)24(33)31-18-6-3-16(4-7-18)27(28,29)30/h3-4,6-7,15,20-23H,5,8-14H2,1-2H3,(H,31,33)/t20-,21-,22+,23?,25-,26-/m0/s1. The summed E-state index contributed by atoms with van der Waals surface area (Å²) >= 11 is 0. The third-order valence-corrected chi connectivity index (χ3v) is 9.76. The summed E-state index contributed by atoms with van der Waals surface area (Å²) < 4.78 is 38.5. The molecule has 0 saturated heterocycles. The molecule has 33 heavy (non-hydrogen) atoms. The summed E-state index contributed by atoms with van der Waals surface area (Å²) in [5.74, 6) is 1.70. The number of allylic oxidation sites excluding steroid dienone is 1. The van der Waals surface area contributed by atoms with E-state index < -0.39 is 11.7 Å². The first-order valence-electron chi connectivity index (χ1n) is 12.2. The lowest BCUT2D eigenvalue weighted by atomic mass is 9.47. The van der Waals surface area contributed by atoms with E-state index in [0.717, 1.165) is 57.1 Å². The Bertz CT molecular complexity index is 998. The van der Waals surface area contributed by atoms with Gasteiger partial charge in [0.1, 0.15) is 0 Å². The molecule has 4 aliphatic rings. The second kappa shape index (κ2) is 7.71. The highest BCUT2D eigenvalue weighted by molar-refractivity contribution is 5.93. The van der Waals surface area contributed by atoms with Gasteiger partial charge in [-0.05, 0) is 104 Å². The Kier molecular flexibility index (Phi) is 5.30. The molecule has 1 aromatic carbocycles. The maximum Gasteiger partial charge on any atom is 0.416 e. The van der Waals surface area contributed by atoms with Gasteiger partial charge in [0.05, 0.1) is 5.56 Å². The van der Waals surface area contributed by atoms with E-state index in [9.17, 15) is 22.8 Å². The van der Waals surface area contributed by atoms with Gasteiger partial charge in [-0.25, -0.2) is 0 Å². The van der Waals surface area contributed by atoms with Gasteiger partial charge in [0.15, 0.2) is 5.78 Å². The molecule has 1 unspecified atom stereocenters. The molecule has 6 atom stereocenters. The highest BCUT2D eigenvalue weighted by Gasteiger charge is 2.60. The van der Waals surface area contributed by atoms with Crippen molar-refractivity contribution in [2.45, 2.75) is 71.4 Å². The van der Waals surface area contributed by atoms with E-state index in [1.807, 2.05) is 6.08 Å². The van der Waals surface area contributed by atoms with Crippen LogP contribution in [-0.2, 0) is 15.8 Å². The number of hydrogen-bond donors (Lipinski definition) is 1.